The maximum Gasteiger partial charge on any atom is 0.290 e. The summed E-state index contributed by atoms with van der Waals surface area (Å²) in [5.41, 5.74) is 0.0870. The zero-order valence-corrected chi connectivity index (χ0v) is 20.9. The highest BCUT2D eigenvalue weighted by Crippen LogP contribution is 2.34. The Kier molecular flexibility index (Phi) is 7.91. The summed E-state index contributed by atoms with van der Waals surface area (Å²) >= 11 is 0. The standard InChI is InChI=1S/C27H36FN3O4/c1-27(2,3)29-25(32)24(19-8-10-20(28)11-9-19)31(21-6-4-5-7-21)26(33)23-13-12-22(35-23)18-30-14-16-34-17-15-30/h8-13,21,24H,4-7,14-18H2,1-3H3,(H,29,32)/t24-/m1/s1. The fraction of sp³-hybridized carbons (Fsp3) is 0.556. The fourth-order valence-corrected chi connectivity index (χ4v) is 4.88. The molecule has 1 aliphatic heterocycles. The van der Waals surface area contributed by atoms with Crippen LogP contribution in [0.3, 0.4) is 0 Å². The molecule has 1 saturated carbocycles. The molecule has 2 aromatic rings. The smallest absolute Gasteiger partial charge is 0.290 e. The number of ether oxygens (including phenoxy) is 1. The van der Waals surface area contributed by atoms with Gasteiger partial charge in [0.05, 0.1) is 19.8 Å². The maximum atomic E-state index is 13.9. The van der Waals surface area contributed by atoms with Crippen LogP contribution in [0.15, 0.2) is 40.8 Å². The molecule has 0 bridgehead atoms. The fourth-order valence-electron chi connectivity index (χ4n) is 4.88. The Morgan fingerprint density at radius 1 is 1.09 bits per heavy atom. The van der Waals surface area contributed by atoms with Crippen molar-refractivity contribution in [2.24, 2.45) is 0 Å². The summed E-state index contributed by atoms with van der Waals surface area (Å²) in [6, 6.07) is 8.37. The number of hydrogen-bond donors (Lipinski definition) is 1. The number of benzene rings is 1. The summed E-state index contributed by atoms with van der Waals surface area (Å²) in [5.74, 6) is -0.0656. The molecule has 0 spiro atoms. The maximum absolute atomic E-state index is 13.9. The molecular weight excluding hydrogens is 449 g/mol. The van der Waals surface area contributed by atoms with Crippen LogP contribution in [0.1, 0.15) is 74.4 Å². The molecule has 1 N–H and O–H groups in total. The normalized spacial score (nSPS) is 18.4. The largest absolute Gasteiger partial charge is 0.455 e. The first-order chi connectivity index (χ1) is 16.7. The van der Waals surface area contributed by atoms with E-state index in [-0.39, 0.29) is 29.4 Å². The van der Waals surface area contributed by atoms with Crippen LogP contribution < -0.4 is 5.32 Å². The molecule has 2 amide bonds. The van der Waals surface area contributed by atoms with E-state index in [1.807, 2.05) is 26.8 Å². The molecule has 1 saturated heterocycles. The number of morpholine rings is 1. The molecule has 8 heteroatoms. The van der Waals surface area contributed by atoms with Crippen LogP contribution >= 0.6 is 0 Å². The van der Waals surface area contributed by atoms with Crippen molar-refractivity contribution in [1.82, 2.24) is 15.1 Å². The van der Waals surface area contributed by atoms with Crippen molar-refractivity contribution in [3.05, 3.63) is 59.3 Å². The van der Waals surface area contributed by atoms with Crippen molar-refractivity contribution in [2.45, 2.75) is 70.6 Å². The highest BCUT2D eigenvalue weighted by molar-refractivity contribution is 5.96. The van der Waals surface area contributed by atoms with E-state index >= 15 is 0 Å². The van der Waals surface area contributed by atoms with E-state index in [0.717, 1.165) is 38.8 Å². The van der Waals surface area contributed by atoms with Gasteiger partial charge in [0.25, 0.3) is 5.91 Å². The van der Waals surface area contributed by atoms with Gasteiger partial charge in [-0.3, -0.25) is 14.5 Å². The van der Waals surface area contributed by atoms with E-state index in [1.165, 1.54) is 12.1 Å². The summed E-state index contributed by atoms with van der Waals surface area (Å²) < 4.78 is 25.2. The summed E-state index contributed by atoms with van der Waals surface area (Å²) in [7, 11) is 0. The van der Waals surface area contributed by atoms with E-state index in [0.29, 0.717) is 31.1 Å². The van der Waals surface area contributed by atoms with Gasteiger partial charge in [0.1, 0.15) is 17.6 Å². The van der Waals surface area contributed by atoms with Crippen LogP contribution in [0.25, 0.3) is 0 Å². The lowest BCUT2D eigenvalue weighted by molar-refractivity contribution is -0.128. The molecule has 1 aliphatic carbocycles. The second-order valence-electron chi connectivity index (χ2n) is 10.5. The molecule has 7 nitrogen and oxygen atoms in total. The molecule has 0 radical (unpaired) electrons. The average molecular weight is 486 g/mol. The van der Waals surface area contributed by atoms with Crippen molar-refractivity contribution in [3.63, 3.8) is 0 Å². The number of carbonyl (C=O) groups excluding carboxylic acids is 2. The minimum Gasteiger partial charge on any atom is -0.455 e. The van der Waals surface area contributed by atoms with Crippen LogP contribution in [0.2, 0.25) is 0 Å². The van der Waals surface area contributed by atoms with Gasteiger partial charge in [0.15, 0.2) is 5.76 Å². The lowest BCUT2D eigenvalue weighted by Crippen LogP contribution is -2.51. The SMILES string of the molecule is CC(C)(C)NC(=O)[C@@H](c1ccc(F)cc1)N(C(=O)c1ccc(CN2CCOCC2)o1)C1CCCC1. The second-order valence-corrected chi connectivity index (χ2v) is 10.5. The first-order valence-electron chi connectivity index (χ1n) is 12.5. The van der Waals surface area contributed by atoms with Crippen LogP contribution in [-0.4, -0.2) is 59.5 Å². The van der Waals surface area contributed by atoms with E-state index in [9.17, 15) is 14.0 Å². The molecule has 2 aliphatic rings. The van der Waals surface area contributed by atoms with Gasteiger partial charge in [-0.25, -0.2) is 4.39 Å². The van der Waals surface area contributed by atoms with Crippen molar-refractivity contribution in [3.8, 4) is 0 Å². The number of rotatable bonds is 7. The number of carbonyl (C=O) groups is 2. The third-order valence-electron chi connectivity index (χ3n) is 6.52. The lowest BCUT2D eigenvalue weighted by Gasteiger charge is -2.37. The Balaban J connectivity index is 1.65. The molecule has 4 rings (SSSR count). The quantitative estimate of drug-likeness (QED) is 0.633. The topological polar surface area (TPSA) is 75.0 Å². The molecule has 2 fully saturated rings. The number of nitrogens with one attached hydrogen (secondary N) is 1. The monoisotopic (exact) mass is 485 g/mol. The predicted octanol–water partition coefficient (Wildman–Crippen LogP) is 4.29. The van der Waals surface area contributed by atoms with E-state index in [1.54, 1.807) is 23.1 Å². The highest BCUT2D eigenvalue weighted by Gasteiger charge is 2.40. The van der Waals surface area contributed by atoms with Crippen LogP contribution in [0.4, 0.5) is 4.39 Å². The number of furan rings is 1. The van der Waals surface area contributed by atoms with Crippen molar-refractivity contribution in [2.75, 3.05) is 26.3 Å². The third kappa shape index (κ3) is 6.49. The van der Waals surface area contributed by atoms with Crippen LogP contribution in [0.5, 0.6) is 0 Å². The molecule has 190 valence electrons. The van der Waals surface area contributed by atoms with Crippen molar-refractivity contribution >= 4 is 11.8 Å². The second kappa shape index (κ2) is 10.9. The summed E-state index contributed by atoms with van der Waals surface area (Å²) in [6.07, 6.45) is 3.61. The van der Waals surface area contributed by atoms with Gasteiger partial charge in [-0.1, -0.05) is 25.0 Å². The molecule has 35 heavy (non-hydrogen) atoms. The Labute approximate surface area is 206 Å². The minimum absolute atomic E-state index is 0.101. The van der Waals surface area contributed by atoms with Gasteiger partial charge in [-0.2, -0.15) is 0 Å². The van der Waals surface area contributed by atoms with Gasteiger partial charge < -0.3 is 19.4 Å². The number of hydrogen-bond acceptors (Lipinski definition) is 5. The lowest BCUT2D eigenvalue weighted by atomic mass is 9.99. The number of nitrogens with zero attached hydrogens (tertiary/aromatic N) is 2. The summed E-state index contributed by atoms with van der Waals surface area (Å²) in [4.78, 5) is 31.4. The molecule has 1 aromatic carbocycles. The predicted molar refractivity (Wildman–Crippen MR) is 130 cm³/mol. The third-order valence-corrected chi connectivity index (χ3v) is 6.52. The van der Waals surface area contributed by atoms with Gasteiger partial charge in [0.2, 0.25) is 5.91 Å². The average Bonchev–Trinajstić information content (AvgIpc) is 3.50. The molecule has 2 heterocycles. The zero-order valence-electron chi connectivity index (χ0n) is 20.9. The minimum atomic E-state index is -0.891. The molecular formula is C27H36FN3O4. The molecule has 1 aromatic heterocycles. The molecule has 1 atom stereocenters. The van der Waals surface area contributed by atoms with E-state index in [2.05, 4.69) is 10.2 Å². The first-order valence-corrected chi connectivity index (χ1v) is 12.5. The zero-order chi connectivity index (χ0) is 25.0. The Bertz CT molecular complexity index is 1000. The Morgan fingerprint density at radius 3 is 2.37 bits per heavy atom. The number of amides is 2. The van der Waals surface area contributed by atoms with Gasteiger partial charge in [-0.15, -0.1) is 0 Å². The van der Waals surface area contributed by atoms with Gasteiger partial charge in [0, 0.05) is 24.7 Å². The van der Waals surface area contributed by atoms with Crippen LogP contribution in [0, 0.1) is 5.82 Å². The van der Waals surface area contributed by atoms with Crippen LogP contribution in [-0.2, 0) is 16.1 Å². The molecule has 0 unspecified atom stereocenters. The van der Waals surface area contributed by atoms with Gasteiger partial charge >= 0.3 is 0 Å². The van der Waals surface area contributed by atoms with E-state index in [4.69, 9.17) is 9.15 Å². The Hall–Kier alpha value is -2.71. The first kappa shape index (κ1) is 25.4. The van der Waals surface area contributed by atoms with E-state index < -0.39 is 11.6 Å². The Morgan fingerprint density at radius 2 is 1.74 bits per heavy atom. The van der Waals surface area contributed by atoms with Crippen molar-refractivity contribution in [1.29, 1.82) is 0 Å². The number of halogens is 1. The summed E-state index contributed by atoms with van der Waals surface area (Å²) in [6.45, 7) is 9.31. The van der Waals surface area contributed by atoms with Crippen molar-refractivity contribution < 1.29 is 23.1 Å². The highest BCUT2D eigenvalue weighted by atomic mass is 19.1. The summed E-state index contributed by atoms with van der Waals surface area (Å²) in [5, 5.41) is 3.03. The van der Waals surface area contributed by atoms with Gasteiger partial charge in [-0.05, 0) is 63.4 Å².